The third-order valence-electron chi connectivity index (χ3n) is 5.46. The van der Waals surface area contributed by atoms with Gasteiger partial charge in [-0.3, -0.25) is 4.79 Å². The van der Waals surface area contributed by atoms with Crippen molar-refractivity contribution in [2.75, 3.05) is 18.0 Å². The molecule has 170 valence electrons. The van der Waals surface area contributed by atoms with E-state index in [9.17, 15) is 9.59 Å². The van der Waals surface area contributed by atoms with Crippen molar-refractivity contribution >= 4 is 29.3 Å². The molecule has 2 heterocycles. The van der Waals surface area contributed by atoms with Crippen molar-refractivity contribution in [1.29, 1.82) is 0 Å². The van der Waals surface area contributed by atoms with Crippen molar-refractivity contribution in [3.63, 3.8) is 0 Å². The number of amides is 2. The number of alkyl carbamates (subject to hydrolysis) is 1. The SMILES string of the molecule is CC(C)(C)OC(=O)NCC(=O)NC1CCCN2c3cc(Cl)ccc3Oc3ccccc3C12. The summed E-state index contributed by atoms with van der Waals surface area (Å²) in [5.41, 5.74) is 1.29. The maximum absolute atomic E-state index is 12.7. The molecule has 2 unspecified atom stereocenters. The maximum Gasteiger partial charge on any atom is 0.408 e. The molecule has 0 aliphatic carbocycles. The van der Waals surface area contributed by atoms with Crippen LogP contribution in [0.1, 0.15) is 45.2 Å². The number of piperidine rings is 1. The molecule has 0 bridgehead atoms. The summed E-state index contributed by atoms with van der Waals surface area (Å²) in [7, 11) is 0. The van der Waals surface area contributed by atoms with Gasteiger partial charge in [0.05, 0.1) is 17.8 Å². The van der Waals surface area contributed by atoms with Crippen molar-refractivity contribution < 1.29 is 19.1 Å². The van der Waals surface area contributed by atoms with Crippen LogP contribution in [0.5, 0.6) is 11.5 Å². The van der Waals surface area contributed by atoms with Gasteiger partial charge in [-0.1, -0.05) is 29.8 Å². The minimum Gasteiger partial charge on any atom is -0.455 e. The van der Waals surface area contributed by atoms with E-state index in [2.05, 4.69) is 15.5 Å². The Balaban J connectivity index is 1.56. The van der Waals surface area contributed by atoms with Gasteiger partial charge in [0.2, 0.25) is 5.91 Å². The van der Waals surface area contributed by atoms with E-state index in [1.807, 2.05) is 42.5 Å². The van der Waals surface area contributed by atoms with Crippen LogP contribution in [0.4, 0.5) is 10.5 Å². The summed E-state index contributed by atoms with van der Waals surface area (Å²) < 4.78 is 11.5. The van der Waals surface area contributed by atoms with Gasteiger partial charge in [0, 0.05) is 17.1 Å². The lowest BCUT2D eigenvalue weighted by molar-refractivity contribution is -0.121. The fourth-order valence-electron chi connectivity index (χ4n) is 4.26. The molecule has 4 rings (SSSR count). The van der Waals surface area contributed by atoms with Crippen LogP contribution < -0.4 is 20.3 Å². The normalized spacial score (nSPS) is 19.4. The van der Waals surface area contributed by atoms with E-state index in [0.29, 0.717) is 5.02 Å². The summed E-state index contributed by atoms with van der Waals surface area (Å²) in [4.78, 5) is 26.9. The Bertz CT molecular complexity index is 1020. The van der Waals surface area contributed by atoms with Crippen molar-refractivity contribution in [2.24, 2.45) is 0 Å². The number of rotatable bonds is 3. The Hall–Kier alpha value is -2.93. The first-order valence-corrected chi connectivity index (χ1v) is 11.2. The van der Waals surface area contributed by atoms with Crippen molar-refractivity contribution in [3.8, 4) is 11.5 Å². The molecule has 0 radical (unpaired) electrons. The number of nitrogens with zero attached hydrogens (tertiary/aromatic N) is 1. The molecule has 32 heavy (non-hydrogen) atoms. The molecule has 2 aromatic rings. The zero-order valence-electron chi connectivity index (χ0n) is 18.5. The van der Waals surface area contributed by atoms with Gasteiger partial charge in [-0.15, -0.1) is 0 Å². The number of nitrogens with one attached hydrogen (secondary N) is 2. The molecular formula is C24H28ClN3O4. The highest BCUT2D eigenvalue weighted by Gasteiger charge is 2.38. The summed E-state index contributed by atoms with van der Waals surface area (Å²) in [5, 5.41) is 6.27. The van der Waals surface area contributed by atoms with Crippen LogP contribution >= 0.6 is 11.6 Å². The second-order valence-electron chi connectivity index (χ2n) is 9.06. The predicted molar refractivity (Wildman–Crippen MR) is 123 cm³/mol. The van der Waals surface area contributed by atoms with Crippen LogP contribution in [0.15, 0.2) is 42.5 Å². The minimum atomic E-state index is -0.622. The van der Waals surface area contributed by atoms with Crippen LogP contribution in [0.2, 0.25) is 5.02 Å². The number of ether oxygens (including phenoxy) is 2. The number of carbonyl (C=O) groups is 2. The Morgan fingerprint density at radius 2 is 1.97 bits per heavy atom. The van der Waals surface area contributed by atoms with E-state index in [1.165, 1.54) is 0 Å². The first kappa shape index (κ1) is 22.3. The second-order valence-corrected chi connectivity index (χ2v) is 9.50. The first-order chi connectivity index (χ1) is 15.2. The van der Waals surface area contributed by atoms with Gasteiger partial charge in [-0.2, -0.15) is 0 Å². The van der Waals surface area contributed by atoms with Crippen molar-refractivity contribution in [1.82, 2.24) is 10.6 Å². The average molecular weight is 458 g/mol. The van der Waals surface area contributed by atoms with E-state index in [4.69, 9.17) is 21.1 Å². The molecule has 2 aliphatic heterocycles. The molecule has 8 heteroatoms. The van der Waals surface area contributed by atoms with Gasteiger partial charge >= 0.3 is 6.09 Å². The van der Waals surface area contributed by atoms with E-state index >= 15 is 0 Å². The lowest BCUT2D eigenvalue weighted by Gasteiger charge is -2.42. The van der Waals surface area contributed by atoms with Gasteiger partial charge in [-0.05, 0) is 57.9 Å². The zero-order valence-corrected chi connectivity index (χ0v) is 19.2. The third kappa shape index (κ3) is 4.93. The first-order valence-electron chi connectivity index (χ1n) is 10.8. The van der Waals surface area contributed by atoms with Gasteiger partial charge in [0.15, 0.2) is 5.75 Å². The minimum absolute atomic E-state index is 0.120. The van der Waals surface area contributed by atoms with Crippen molar-refractivity contribution in [3.05, 3.63) is 53.1 Å². The summed E-state index contributed by atoms with van der Waals surface area (Å²) in [6.07, 6.45) is 1.09. The van der Waals surface area contributed by atoms with E-state index in [1.54, 1.807) is 20.8 Å². The van der Waals surface area contributed by atoms with E-state index < -0.39 is 11.7 Å². The lowest BCUT2D eigenvalue weighted by Crippen LogP contribution is -2.52. The number of hydrogen-bond donors (Lipinski definition) is 2. The van der Waals surface area contributed by atoms with Crippen molar-refractivity contribution in [2.45, 2.75) is 51.3 Å². The zero-order chi connectivity index (χ0) is 22.9. The smallest absolute Gasteiger partial charge is 0.408 e. The molecule has 0 saturated carbocycles. The van der Waals surface area contributed by atoms with Crippen LogP contribution in [-0.2, 0) is 9.53 Å². The maximum atomic E-state index is 12.7. The number of carbonyl (C=O) groups excluding carboxylic acids is 2. The number of halogens is 1. The topological polar surface area (TPSA) is 79.9 Å². The Morgan fingerprint density at radius 3 is 2.75 bits per heavy atom. The molecule has 2 atom stereocenters. The average Bonchev–Trinajstić information content (AvgIpc) is 2.86. The molecular weight excluding hydrogens is 430 g/mol. The van der Waals surface area contributed by atoms with Crippen LogP contribution in [0, 0.1) is 0 Å². The summed E-state index contributed by atoms with van der Waals surface area (Å²) >= 11 is 6.31. The van der Waals surface area contributed by atoms with Gasteiger partial charge in [0.25, 0.3) is 0 Å². The van der Waals surface area contributed by atoms with Crippen LogP contribution in [0.25, 0.3) is 0 Å². The van der Waals surface area contributed by atoms with Gasteiger partial charge in [0.1, 0.15) is 17.9 Å². The van der Waals surface area contributed by atoms with Gasteiger partial charge < -0.3 is 25.0 Å². The molecule has 1 saturated heterocycles. The molecule has 1 fully saturated rings. The number of fused-ring (bicyclic) bond motifs is 5. The second kappa shape index (κ2) is 8.90. The highest BCUT2D eigenvalue weighted by atomic mass is 35.5. The summed E-state index contributed by atoms with van der Waals surface area (Å²) in [5.74, 6) is 1.23. The van der Waals surface area contributed by atoms with Crippen LogP contribution in [0.3, 0.4) is 0 Å². The largest absolute Gasteiger partial charge is 0.455 e. The lowest BCUT2D eigenvalue weighted by atomic mass is 9.89. The Labute approximate surface area is 193 Å². The fourth-order valence-corrected chi connectivity index (χ4v) is 4.43. The summed E-state index contributed by atoms with van der Waals surface area (Å²) in [6.45, 7) is 5.99. The molecule has 2 aliphatic rings. The molecule has 2 N–H and O–H groups in total. The Kier molecular flexibility index (Phi) is 6.20. The number of para-hydroxylation sites is 1. The third-order valence-corrected chi connectivity index (χ3v) is 5.69. The fraction of sp³-hybridized carbons (Fsp3) is 0.417. The monoisotopic (exact) mass is 457 g/mol. The Morgan fingerprint density at radius 1 is 1.19 bits per heavy atom. The molecule has 0 aromatic heterocycles. The quantitative estimate of drug-likeness (QED) is 0.692. The standard InChI is InChI=1S/C24H28ClN3O4/c1-24(2,3)32-23(30)26-14-21(29)27-17-8-6-12-28-18-13-15(25)10-11-20(18)31-19-9-5-4-7-16(19)22(17)28/h4-5,7,9-11,13,17,22H,6,8,12,14H2,1-3H3,(H,26,30)(H,27,29). The summed E-state index contributed by atoms with van der Waals surface area (Å²) in [6, 6.07) is 13.2. The molecule has 2 aromatic carbocycles. The molecule has 0 spiro atoms. The highest BCUT2D eigenvalue weighted by Crippen LogP contribution is 2.48. The highest BCUT2D eigenvalue weighted by molar-refractivity contribution is 6.31. The number of hydrogen-bond acceptors (Lipinski definition) is 5. The number of benzene rings is 2. The molecule has 2 amide bonds. The van der Waals surface area contributed by atoms with E-state index in [-0.39, 0.29) is 24.5 Å². The van der Waals surface area contributed by atoms with E-state index in [0.717, 1.165) is 42.1 Å². The van der Waals surface area contributed by atoms with Crippen LogP contribution in [-0.4, -0.2) is 36.7 Å². The number of anilines is 1. The molecule has 7 nitrogen and oxygen atoms in total. The van der Waals surface area contributed by atoms with Gasteiger partial charge in [-0.25, -0.2) is 4.79 Å². The predicted octanol–water partition coefficient (Wildman–Crippen LogP) is 4.80.